The molecule has 5 rings (SSSR count). The van der Waals surface area contributed by atoms with Crippen molar-refractivity contribution in [2.24, 2.45) is 11.8 Å². The molecule has 0 saturated carbocycles. The average molecular weight is 498 g/mol. The highest BCUT2D eigenvalue weighted by Crippen LogP contribution is 2.28. The molecule has 2 amide bonds. The Morgan fingerprint density at radius 3 is 2.54 bits per heavy atom. The van der Waals surface area contributed by atoms with Gasteiger partial charge in [-0.2, -0.15) is 0 Å². The summed E-state index contributed by atoms with van der Waals surface area (Å²) in [5, 5.41) is 3.05. The lowest BCUT2D eigenvalue weighted by atomic mass is 9.84. The van der Waals surface area contributed by atoms with Crippen LogP contribution < -0.4 is 10.1 Å². The minimum atomic E-state index is -0.131. The summed E-state index contributed by atoms with van der Waals surface area (Å²) in [6.45, 7) is 3.65. The summed E-state index contributed by atoms with van der Waals surface area (Å²) in [4.78, 5) is 32.5. The summed E-state index contributed by atoms with van der Waals surface area (Å²) in [5.41, 5.74) is 3.76. The smallest absolute Gasteiger partial charge is 0.253 e. The number of aromatic nitrogens is 1. The second kappa shape index (κ2) is 10.9. The molecule has 3 aromatic carbocycles. The fourth-order valence-corrected chi connectivity index (χ4v) is 4.95. The third-order valence-electron chi connectivity index (χ3n) is 7.25. The monoisotopic (exact) mass is 497 g/mol. The number of carbonyl (C=O) groups is 2. The van der Waals surface area contributed by atoms with Gasteiger partial charge in [0.1, 0.15) is 11.3 Å². The van der Waals surface area contributed by atoms with Crippen LogP contribution in [0.1, 0.15) is 35.7 Å². The number of fused-ring (bicyclic) bond motifs is 1. The Labute approximate surface area is 216 Å². The second-order valence-electron chi connectivity index (χ2n) is 9.52. The van der Waals surface area contributed by atoms with Crippen molar-refractivity contribution < 1.29 is 18.7 Å². The number of amides is 2. The molecule has 1 fully saturated rings. The molecular formula is C30H31N3O4. The largest absolute Gasteiger partial charge is 0.496 e. The van der Waals surface area contributed by atoms with Crippen LogP contribution in [0.15, 0.2) is 77.2 Å². The van der Waals surface area contributed by atoms with E-state index in [1.54, 1.807) is 13.2 Å². The summed E-state index contributed by atoms with van der Waals surface area (Å²) in [7, 11) is 1.63. The van der Waals surface area contributed by atoms with Crippen LogP contribution in [0, 0.1) is 11.8 Å². The average Bonchev–Trinajstić information content (AvgIpc) is 3.39. The molecule has 1 N–H and O–H groups in total. The Morgan fingerprint density at radius 2 is 1.78 bits per heavy atom. The highest BCUT2D eigenvalue weighted by atomic mass is 16.5. The number of methoxy groups -OCH3 is 1. The number of likely N-dealkylation sites (tertiary alicyclic amines) is 1. The van der Waals surface area contributed by atoms with E-state index in [1.807, 2.05) is 78.6 Å². The van der Waals surface area contributed by atoms with Crippen molar-refractivity contribution >= 4 is 22.9 Å². The zero-order valence-electron chi connectivity index (χ0n) is 21.1. The van der Waals surface area contributed by atoms with Gasteiger partial charge in [0, 0.05) is 42.2 Å². The molecule has 7 nitrogen and oxygen atoms in total. The number of hydrogen-bond acceptors (Lipinski definition) is 5. The second-order valence-corrected chi connectivity index (χ2v) is 9.52. The number of para-hydroxylation sites is 1. The van der Waals surface area contributed by atoms with Crippen molar-refractivity contribution in [1.82, 2.24) is 15.2 Å². The molecule has 1 atom stereocenters. The van der Waals surface area contributed by atoms with Gasteiger partial charge in [-0.1, -0.05) is 43.3 Å². The summed E-state index contributed by atoms with van der Waals surface area (Å²) in [5.74, 6) is 1.41. The van der Waals surface area contributed by atoms with E-state index in [4.69, 9.17) is 9.15 Å². The van der Waals surface area contributed by atoms with Gasteiger partial charge in [-0.05, 0) is 55.2 Å². The molecule has 1 saturated heterocycles. The molecule has 190 valence electrons. The molecule has 1 aromatic heterocycles. The predicted octanol–water partition coefficient (Wildman–Crippen LogP) is 5.31. The first-order valence-corrected chi connectivity index (χ1v) is 12.7. The van der Waals surface area contributed by atoms with Gasteiger partial charge in [0.15, 0.2) is 5.58 Å². The minimum absolute atomic E-state index is 0.0220. The molecular weight excluding hydrogens is 466 g/mol. The van der Waals surface area contributed by atoms with Crippen molar-refractivity contribution in [2.45, 2.75) is 26.3 Å². The van der Waals surface area contributed by atoms with Gasteiger partial charge in [-0.25, -0.2) is 4.98 Å². The van der Waals surface area contributed by atoms with Crippen molar-refractivity contribution in [3.05, 3.63) is 83.9 Å². The molecule has 1 aliphatic rings. The number of carbonyl (C=O) groups excluding carboxylic acids is 2. The molecule has 4 aromatic rings. The van der Waals surface area contributed by atoms with Crippen LogP contribution in [0.2, 0.25) is 0 Å². The maximum absolute atomic E-state index is 13.2. The quantitative estimate of drug-likeness (QED) is 0.374. The van der Waals surface area contributed by atoms with Crippen LogP contribution >= 0.6 is 0 Å². The van der Waals surface area contributed by atoms with E-state index in [2.05, 4.69) is 10.3 Å². The van der Waals surface area contributed by atoms with Gasteiger partial charge in [0.25, 0.3) is 5.91 Å². The number of rotatable bonds is 7. The predicted molar refractivity (Wildman–Crippen MR) is 142 cm³/mol. The van der Waals surface area contributed by atoms with E-state index in [-0.39, 0.29) is 23.7 Å². The Morgan fingerprint density at radius 1 is 1.05 bits per heavy atom. The summed E-state index contributed by atoms with van der Waals surface area (Å²) in [6, 6.07) is 22.8. The van der Waals surface area contributed by atoms with Crippen LogP contribution in [-0.2, 0) is 11.3 Å². The van der Waals surface area contributed by atoms with Gasteiger partial charge in [-0.3, -0.25) is 9.59 Å². The highest BCUT2D eigenvalue weighted by Gasteiger charge is 2.30. The van der Waals surface area contributed by atoms with E-state index in [0.717, 1.165) is 35.2 Å². The van der Waals surface area contributed by atoms with Gasteiger partial charge < -0.3 is 19.4 Å². The topological polar surface area (TPSA) is 84.7 Å². The standard InChI is InChI=1S/C30H31N3O4/c1-20(28(34)31-19-24-10-6-7-11-26(24)36-2)21-14-16-33(17-15-21)30(35)23-12-13-25-27(18-23)37-29(32-25)22-8-4-3-5-9-22/h3-13,18,20-21H,14-17,19H2,1-2H3,(H,31,34)/t20-/m1/s1. The molecule has 1 aliphatic heterocycles. The molecule has 2 heterocycles. The number of benzene rings is 3. The normalized spacial score (nSPS) is 14.9. The molecule has 0 spiro atoms. The number of ether oxygens (including phenoxy) is 1. The Kier molecular flexibility index (Phi) is 7.21. The van der Waals surface area contributed by atoms with Crippen molar-refractivity contribution in [3.8, 4) is 17.2 Å². The summed E-state index contributed by atoms with van der Waals surface area (Å²) < 4.78 is 11.3. The van der Waals surface area contributed by atoms with Gasteiger partial charge in [-0.15, -0.1) is 0 Å². The number of nitrogens with zero attached hydrogens (tertiary/aromatic N) is 2. The highest BCUT2D eigenvalue weighted by molar-refractivity contribution is 5.97. The maximum atomic E-state index is 13.2. The molecule has 0 unspecified atom stereocenters. The lowest BCUT2D eigenvalue weighted by Gasteiger charge is -2.34. The first kappa shape index (κ1) is 24.6. The van der Waals surface area contributed by atoms with Crippen LogP contribution in [0.4, 0.5) is 0 Å². The lowest BCUT2D eigenvalue weighted by Crippen LogP contribution is -2.42. The van der Waals surface area contributed by atoms with Crippen molar-refractivity contribution in [3.63, 3.8) is 0 Å². The third kappa shape index (κ3) is 5.35. The third-order valence-corrected chi connectivity index (χ3v) is 7.25. The number of hydrogen-bond donors (Lipinski definition) is 1. The Bertz CT molecular complexity index is 1390. The van der Waals surface area contributed by atoms with Gasteiger partial charge in [0.05, 0.1) is 7.11 Å². The van der Waals surface area contributed by atoms with Crippen LogP contribution in [0.5, 0.6) is 5.75 Å². The van der Waals surface area contributed by atoms with Crippen LogP contribution in [0.3, 0.4) is 0 Å². The minimum Gasteiger partial charge on any atom is -0.496 e. The van der Waals surface area contributed by atoms with E-state index < -0.39 is 0 Å². The molecule has 0 aliphatic carbocycles. The van der Waals surface area contributed by atoms with E-state index >= 15 is 0 Å². The number of oxazole rings is 1. The van der Waals surface area contributed by atoms with Crippen molar-refractivity contribution in [1.29, 1.82) is 0 Å². The summed E-state index contributed by atoms with van der Waals surface area (Å²) in [6.07, 6.45) is 1.58. The number of piperidine rings is 1. The van der Waals surface area contributed by atoms with Gasteiger partial charge >= 0.3 is 0 Å². The maximum Gasteiger partial charge on any atom is 0.253 e. The summed E-state index contributed by atoms with van der Waals surface area (Å²) >= 11 is 0. The van der Waals surface area contributed by atoms with Crippen LogP contribution in [-0.4, -0.2) is 41.9 Å². The first-order chi connectivity index (χ1) is 18.0. The van der Waals surface area contributed by atoms with Gasteiger partial charge in [0.2, 0.25) is 11.8 Å². The fourth-order valence-electron chi connectivity index (χ4n) is 4.95. The number of nitrogens with one attached hydrogen (secondary N) is 1. The first-order valence-electron chi connectivity index (χ1n) is 12.7. The SMILES string of the molecule is COc1ccccc1CNC(=O)[C@H](C)C1CCN(C(=O)c2ccc3nc(-c4ccccc4)oc3c2)CC1. The molecule has 37 heavy (non-hydrogen) atoms. The molecule has 7 heteroatoms. The molecule has 0 radical (unpaired) electrons. The van der Waals surface area contributed by atoms with E-state index in [1.165, 1.54) is 0 Å². The zero-order valence-corrected chi connectivity index (χ0v) is 21.1. The molecule has 0 bridgehead atoms. The fraction of sp³-hybridized carbons (Fsp3) is 0.300. The van der Waals surface area contributed by atoms with E-state index in [0.29, 0.717) is 36.7 Å². The van der Waals surface area contributed by atoms with Crippen LogP contribution in [0.25, 0.3) is 22.6 Å². The zero-order chi connectivity index (χ0) is 25.8. The Balaban J connectivity index is 1.17. The lowest BCUT2D eigenvalue weighted by molar-refractivity contribution is -0.126. The Hall–Kier alpha value is -4.13. The van der Waals surface area contributed by atoms with Crippen molar-refractivity contribution in [2.75, 3.05) is 20.2 Å². The van der Waals surface area contributed by atoms with E-state index in [9.17, 15) is 9.59 Å².